The molecule has 24 heavy (non-hydrogen) atoms. The standard InChI is InChI=1S/C17H14ClN3O3/c1-23-15-13-7-6-10(16(22)24-2)8-14(13)20-17(21-15)19-12-5-3-4-11(18)9-12/h3-9H,1-2H3,(H,19,20,21). The van der Waals surface area contributed by atoms with Crippen LogP contribution in [-0.4, -0.2) is 30.2 Å². The van der Waals surface area contributed by atoms with Gasteiger partial charge in [0.2, 0.25) is 11.8 Å². The van der Waals surface area contributed by atoms with Gasteiger partial charge in [0.05, 0.1) is 30.7 Å². The van der Waals surface area contributed by atoms with Gasteiger partial charge in [0.25, 0.3) is 0 Å². The number of fused-ring (bicyclic) bond motifs is 1. The minimum absolute atomic E-state index is 0.337. The Kier molecular flexibility index (Phi) is 4.48. The molecule has 3 aromatic rings. The highest BCUT2D eigenvalue weighted by Gasteiger charge is 2.12. The molecule has 0 fully saturated rings. The number of carbonyl (C=O) groups excluding carboxylic acids is 1. The molecule has 0 spiro atoms. The predicted octanol–water partition coefficient (Wildman–Crippen LogP) is 3.82. The Labute approximate surface area is 143 Å². The first-order valence-corrected chi connectivity index (χ1v) is 7.45. The third-order valence-corrected chi connectivity index (χ3v) is 3.59. The molecule has 7 heteroatoms. The Morgan fingerprint density at radius 1 is 1.12 bits per heavy atom. The van der Waals surface area contributed by atoms with E-state index in [-0.39, 0.29) is 0 Å². The van der Waals surface area contributed by atoms with Crippen molar-refractivity contribution in [2.45, 2.75) is 0 Å². The molecule has 0 aliphatic carbocycles. The fourth-order valence-electron chi connectivity index (χ4n) is 2.25. The Morgan fingerprint density at radius 3 is 2.67 bits per heavy atom. The second-order valence-corrected chi connectivity index (χ2v) is 5.35. The van der Waals surface area contributed by atoms with E-state index in [0.717, 1.165) is 5.69 Å². The van der Waals surface area contributed by atoms with Crippen molar-refractivity contribution < 1.29 is 14.3 Å². The van der Waals surface area contributed by atoms with Crippen LogP contribution in [0.3, 0.4) is 0 Å². The largest absolute Gasteiger partial charge is 0.480 e. The zero-order valence-electron chi connectivity index (χ0n) is 13.0. The van der Waals surface area contributed by atoms with Gasteiger partial charge in [0, 0.05) is 10.7 Å². The number of ether oxygens (including phenoxy) is 2. The van der Waals surface area contributed by atoms with Crippen LogP contribution < -0.4 is 10.1 Å². The summed E-state index contributed by atoms with van der Waals surface area (Å²) < 4.78 is 10.1. The molecule has 0 radical (unpaired) electrons. The van der Waals surface area contributed by atoms with Crippen molar-refractivity contribution in [2.24, 2.45) is 0 Å². The monoisotopic (exact) mass is 343 g/mol. The molecule has 0 saturated heterocycles. The van der Waals surface area contributed by atoms with E-state index in [1.807, 2.05) is 12.1 Å². The van der Waals surface area contributed by atoms with E-state index in [0.29, 0.717) is 33.3 Å². The molecule has 0 unspecified atom stereocenters. The number of hydrogen-bond donors (Lipinski definition) is 1. The molecule has 122 valence electrons. The molecular formula is C17H14ClN3O3. The van der Waals surface area contributed by atoms with Gasteiger partial charge in [-0.1, -0.05) is 17.7 Å². The number of halogens is 1. The number of aromatic nitrogens is 2. The van der Waals surface area contributed by atoms with E-state index in [1.54, 1.807) is 30.3 Å². The van der Waals surface area contributed by atoms with E-state index in [1.165, 1.54) is 14.2 Å². The maximum Gasteiger partial charge on any atom is 0.337 e. The molecule has 1 aromatic heterocycles. The third-order valence-electron chi connectivity index (χ3n) is 3.36. The number of esters is 1. The lowest BCUT2D eigenvalue weighted by Gasteiger charge is -2.10. The van der Waals surface area contributed by atoms with Crippen molar-refractivity contribution in [1.82, 2.24) is 9.97 Å². The zero-order chi connectivity index (χ0) is 17.1. The Bertz CT molecular complexity index is 915. The summed E-state index contributed by atoms with van der Waals surface area (Å²) in [5.41, 5.74) is 1.71. The van der Waals surface area contributed by atoms with Crippen LogP contribution >= 0.6 is 11.6 Å². The van der Waals surface area contributed by atoms with Crippen LogP contribution in [0.2, 0.25) is 5.02 Å². The summed E-state index contributed by atoms with van der Waals surface area (Å²) in [6.45, 7) is 0. The summed E-state index contributed by atoms with van der Waals surface area (Å²) in [6.07, 6.45) is 0. The van der Waals surface area contributed by atoms with Crippen molar-refractivity contribution in [3.8, 4) is 5.88 Å². The minimum atomic E-state index is -0.432. The average Bonchev–Trinajstić information content (AvgIpc) is 2.59. The SMILES string of the molecule is COC(=O)c1ccc2c(OC)nc(Nc3cccc(Cl)c3)nc2c1. The van der Waals surface area contributed by atoms with Gasteiger partial charge in [0.1, 0.15) is 0 Å². The molecular weight excluding hydrogens is 330 g/mol. The van der Waals surface area contributed by atoms with Crippen LogP contribution in [0, 0.1) is 0 Å². The van der Waals surface area contributed by atoms with E-state index in [9.17, 15) is 4.79 Å². The first-order valence-electron chi connectivity index (χ1n) is 7.07. The van der Waals surface area contributed by atoms with Crippen LogP contribution in [0.25, 0.3) is 10.9 Å². The van der Waals surface area contributed by atoms with E-state index in [2.05, 4.69) is 15.3 Å². The lowest BCUT2D eigenvalue weighted by atomic mass is 10.1. The van der Waals surface area contributed by atoms with Gasteiger partial charge >= 0.3 is 5.97 Å². The molecule has 0 aliphatic rings. The topological polar surface area (TPSA) is 73.3 Å². The Balaban J connectivity index is 2.06. The maximum absolute atomic E-state index is 11.7. The van der Waals surface area contributed by atoms with Crippen LogP contribution in [-0.2, 0) is 4.74 Å². The number of methoxy groups -OCH3 is 2. The highest BCUT2D eigenvalue weighted by Crippen LogP contribution is 2.27. The van der Waals surface area contributed by atoms with Crippen molar-refractivity contribution in [3.63, 3.8) is 0 Å². The molecule has 2 aromatic carbocycles. The van der Waals surface area contributed by atoms with Crippen LogP contribution in [0.4, 0.5) is 11.6 Å². The molecule has 1 heterocycles. The van der Waals surface area contributed by atoms with E-state index in [4.69, 9.17) is 21.1 Å². The van der Waals surface area contributed by atoms with Gasteiger partial charge < -0.3 is 14.8 Å². The van der Waals surface area contributed by atoms with E-state index < -0.39 is 5.97 Å². The lowest BCUT2D eigenvalue weighted by Crippen LogP contribution is -2.03. The molecule has 1 N–H and O–H groups in total. The van der Waals surface area contributed by atoms with Crippen molar-refractivity contribution >= 4 is 40.1 Å². The first kappa shape index (κ1) is 16.0. The predicted molar refractivity (Wildman–Crippen MR) is 92.2 cm³/mol. The van der Waals surface area contributed by atoms with Crippen molar-refractivity contribution in [3.05, 3.63) is 53.1 Å². The molecule has 0 aliphatic heterocycles. The fraction of sp³-hybridized carbons (Fsp3) is 0.118. The highest BCUT2D eigenvalue weighted by atomic mass is 35.5. The second-order valence-electron chi connectivity index (χ2n) is 4.92. The smallest absolute Gasteiger partial charge is 0.337 e. The summed E-state index contributed by atoms with van der Waals surface area (Å²) >= 11 is 5.98. The quantitative estimate of drug-likeness (QED) is 0.726. The fourth-order valence-corrected chi connectivity index (χ4v) is 2.44. The van der Waals surface area contributed by atoms with Crippen molar-refractivity contribution in [1.29, 1.82) is 0 Å². The second kappa shape index (κ2) is 6.72. The third kappa shape index (κ3) is 3.23. The summed E-state index contributed by atoms with van der Waals surface area (Å²) in [7, 11) is 2.86. The molecule has 0 amide bonds. The van der Waals surface area contributed by atoms with Crippen LogP contribution in [0.15, 0.2) is 42.5 Å². The van der Waals surface area contributed by atoms with Gasteiger partial charge in [-0.05, 0) is 36.4 Å². The molecule has 0 atom stereocenters. The van der Waals surface area contributed by atoms with Crippen molar-refractivity contribution in [2.75, 3.05) is 19.5 Å². The molecule has 0 bridgehead atoms. The molecule has 0 saturated carbocycles. The minimum Gasteiger partial charge on any atom is -0.480 e. The van der Waals surface area contributed by atoms with Gasteiger partial charge in [-0.25, -0.2) is 9.78 Å². The molecule has 3 rings (SSSR count). The van der Waals surface area contributed by atoms with Crippen LogP contribution in [0.5, 0.6) is 5.88 Å². The van der Waals surface area contributed by atoms with Gasteiger partial charge in [0.15, 0.2) is 0 Å². The summed E-state index contributed by atoms with van der Waals surface area (Å²) in [4.78, 5) is 20.5. The highest BCUT2D eigenvalue weighted by molar-refractivity contribution is 6.30. The summed E-state index contributed by atoms with van der Waals surface area (Å²) in [6, 6.07) is 12.2. The van der Waals surface area contributed by atoms with Crippen LogP contribution in [0.1, 0.15) is 10.4 Å². The van der Waals surface area contributed by atoms with E-state index >= 15 is 0 Å². The maximum atomic E-state index is 11.7. The number of nitrogens with zero attached hydrogens (tertiary/aromatic N) is 2. The normalized spacial score (nSPS) is 10.5. The average molecular weight is 344 g/mol. The summed E-state index contributed by atoms with van der Waals surface area (Å²) in [5.74, 6) is 0.309. The number of carbonyl (C=O) groups is 1. The number of benzene rings is 2. The number of rotatable bonds is 4. The zero-order valence-corrected chi connectivity index (χ0v) is 13.8. The van der Waals surface area contributed by atoms with Gasteiger partial charge in [-0.2, -0.15) is 4.98 Å². The summed E-state index contributed by atoms with van der Waals surface area (Å²) in [5, 5.41) is 4.37. The molecule has 6 nitrogen and oxygen atoms in total. The first-order chi connectivity index (χ1) is 11.6. The Hall–Kier alpha value is -2.86. The lowest BCUT2D eigenvalue weighted by molar-refractivity contribution is 0.0601. The number of anilines is 2. The Morgan fingerprint density at radius 2 is 1.96 bits per heavy atom. The number of hydrogen-bond acceptors (Lipinski definition) is 6. The number of nitrogens with one attached hydrogen (secondary N) is 1. The van der Waals surface area contributed by atoms with Gasteiger partial charge in [-0.15, -0.1) is 0 Å². The van der Waals surface area contributed by atoms with Gasteiger partial charge in [-0.3, -0.25) is 0 Å².